The minimum absolute atomic E-state index is 0.106. The molecule has 1 aromatic carbocycles. The minimum Gasteiger partial charge on any atom is -0.467 e. The van der Waals surface area contributed by atoms with Crippen LogP contribution in [0.5, 0.6) is 0 Å². The quantitative estimate of drug-likeness (QED) is 0.690. The molecule has 7 nitrogen and oxygen atoms in total. The van der Waals surface area contributed by atoms with Gasteiger partial charge in [0.25, 0.3) is 5.91 Å². The number of methoxy groups -OCH3 is 1. The number of carbonyl (C=O) groups is 3. The number of hydrogen-bond acceptors (Lipinski definition) is 5. The van der Waals surface area contributed by atoms with Crippen LogP contribution in [-0.2, 0) is 20.7 Å². The Labute approximate surface area is 158 Å². The molecule has 0 spiro atoms. The molecular weight excluding hydrogens is 348 g/mol. The molecule has 0 fully saturated rings. The van der Waals surface area contributed by atoms with Gasteiger partial charge in [0, 0.05) is 6.42 Å². The maximum absolute atomic E-state index is 12.8. The Morgan fingerprint density at radius 1 is 1.04 bits per heavy atom. The molecule has 0 aliphatic heterocycles. The first-order valence-corrected chi connectivity index (χ1v) is 8.69. The van der Waals surface area contributed by atoms with E-state index in [1.807, 2.05) is 30.3 Å². The molecule has 2 amide bonds. The van der Waals surface area contributed by atoms with Crippen LogP contribution >= 0.6 is 0 Å². The number of nitrogens with one attached hydrogen (secondary N) is 2. The predicted molar refractivity (Wildman–Crippen MR) is 98.9 cm³/mol. The molecule has 2 N–H and O–H groups in total. The number of amides is 2. The number of rotatable bonds is 8. The van der Waals surface area contributed by atoms with Crippen LogP contribution in [0.2, 0.25) is 0 Å². The molecule has 2 aromatic rings. The average molecular weight is 372 g/mol. The van der Waals surface area contributed by atoms with Gasteiger partial charge in [-0.2, -0.15) is 0 Å². The van der Waals surface area contributed by atoms with Crippen molar-refractivity contribution in [3.8, 4) is 0 Å². The van der Waals surface area contributed by atoms with Crippen molar-refractivity contribution >= 4 is 17.8 Å². The van der Waals surface area contributed by atoms with Gasteiger partial charge in [-0.3, -0.25) is 9.59 Å². The van der Waals surface area contributed by atoms with Crippen molar-refractivity contribution in [2.75, 3.05) is 7.11 Å². The highest BCUT2D eigenvalue weighted by Gasteiger charge is 2.30. The fraction of sp³-hybridized carbons (Fsp3) is 0.350. The van der Waals surface area contributed by atoms with Crippen LogP contribution in [0.3, 0.4) is 0 Å². The van der Waals surface area contributed by atoms with E-state index in [0.717, 1.165) is 5.56 Å². The van der Waals surface area contributed by atoms with E-state index in [4.69, 9.17) is 9.15 Å². The molecule has 0 bridgehead atoms. The Hall–Kier alpha value is -3.09. The van der Waals surface area contributed by atoms with Gasteiger partial charge >= 0.3 is 5.97 Å². The van der Waals surface area contributed by atoms with Crippen molar-refractivity contribution in [2.45, 2.75) is 32.4 Å². The van der Waals surface area contributed by atoms with Crippen LogP contribution < -0.4 is 10.6 Å². The van der Waals surface area contributed by atoms with E-state index in [9.17, 15) is 14.4 Å². The van der Waals surface area contributed by atoms with Crippen molar-refractivity contribution in [1.82, 2.24) is 10.6 Å². The maximum Gasteiger partial charge on any atom is 0.328 e. The Bertz CT molecular complexity index is 756. The summed E-state index contributed by atoms with van der Waals surface area (Å²) in [7, 11) is 1.27. The van der Waals surface area contributed by atoms with E-state index in [2.05, 4.69) is 10.6 Å². The Morgan fingerprint density at radius 3 is 2.30 bits per heavy atom. The lowest BCUT2D eigenvalue weighted by Crippen LogP contribution is -2.54. The number of hydrogen-bond donors (Lipinski definition) is 2. The van der Waals surface area contributed by atoms with Crippen LogP contribution in [0.15, 0.2) is 53.1 Å². The van der Waals surface area contributed by atoms with Gasteiger partial charge in [-0.25, -0.2) is 4.79 Å². The second-order valence-electron chi connectivity index (χ2n) is 6.45. The topological polar surface area (TPSA) is 97.6 Å². The van der Waals surface area contributed by atoms with E-state index >= 15 is 0 Å². The SMILES string of the molecule is COC(=O)[C@H](NC(=O)[C@H](Cc1ccccc1)NC(=O)c1ccco1)C(C)C. The summed E-state index contributed by atoms with van der Waals surface area (Å²) >= 11 is 0. The molecule has 0 saturated carbocycles. The monoisotopic (exact) mass is 372 g/mol. The van der Waals surface area contributed by atoms with Crippen molar-refractivity contribution in [3.05, 3.63) is 60.1 Å². The van der Waals surface area contributed by atoms with Gasteiger partial charge in [0.05, 0.1) is 13.4 Å². The third kappa shape index (κ3) is 5.70. The van der Waals surface area contributed by atoms with Crippen LogP contribution in [0.4, 0.5) is 0 Å². The van der Waals surface area contributed by atoms with Crippen LogP contribution in [0, 0.1) is 5.92 Å². The first-order chi connectivity index (χ1) is 12.9. The Balaban J connectivity index is 2.18. The molecule has 0 aliphatic carbocycles. The summed E-state index contributed by atoms with van der Waals surface area (Å²) in [6.45, 7) is 3.60. The summed E-state index contributed by atoms with van der Waals surface area (Å²) in [5.41, 5.74) is 0.872. The molecule has 2 rings (SSSR count). The van der Waals surface area contributed by atoms with Crippen molar-refractivity contribution in [2.24, 2.45) is 5.92 Å². The molecule has 0 saturated heterocycles. The van der Waals surface area contributed by atoms with Gasteiger partial charge in [0.2, 0.25) is 5.91 Å². The summed E-state index contributed by atoms with van der Waals surface area (Å²) in [5, 5.41) is 5.35. The minimum atomic E-state index is -0.879. The number of carbonyl (C=O) groups excluding carboxylic acids is 3. The summed E-state index contributed by atoms with van der Waals surface area (Å²) in [6.07, 6.45) is 1.65. The maximum atomic E-state index is 12.8. The van der Waals surface area contributed by atoms with Gasteiger partial charge in [-0.05, 0) is 23.6 Å². The molecule has 1 aromatic heterocycles. The summed E-state index contributed by atoms with van der Waals surface area (Å²) in [6, 6.07) is 10.7. The average Bonchev–Trinajstić information content (AvgIpc) is 3.20. The lowest BCUT2D eigenvalue weighted by atomic mass is 10.0. The van der Waals surface area contributed by atoms with Crippen LogP contribution in [0.25, 0.3) is 0 Å². The molecule has 0 unspecified atom stereocenters. The summed E-state index contributed by atoms with van der Waals surface area (Å²) < 4.78 is 9.84. The molecule has 1 heterocycles. The van der Waals surface area contributed by atoms with Gasteiger partial charge in [0.15, 0.2) is 5.76 Å². The molecular formula is C20H24N2O5. The first-order valence-electron chi connectivity index (χ1n) is 8.69. The Morgan fingerprint density at radius 2 is 1.74 bits per heavy atom. The molecule has 2 atom stereocenters. The molecule has 7 heteroatoms. The van der Waals surface area contributed by atoms with Crippen molar-refractivity contribution < 1.29 is 23.5 Å². The van der Waals surface area contributed by atoms with E-state index in [1.165, 1.54) is 19.4 Å². The Kier molecular flexibility index (Phi) is 7.16. The highest BCUT2D eigenvalue weighted by Crippen LogP contribution is 2.09. The van der Waals surface area contributed by atoms with Gasteiger partial charge in [0.1, 0.15) is 12.1 Å². The van der Waals surface area contributed by atoms with Gasteiger partial charge < -0.3 is 19.8 Å². The van der Waals surface area contributed by atoms with E-state index in [0.29, 0.717) is 0 Å². The zero-order valence-corrected chi connectivity index (χ0v) is 15.6. The fourth-order valence-corrected chi connectivity index (χ4v) is 2.57. The zero-order chi connectivity index (χ0) is 19.8. The second-order valence-corrected chi connectivity index (χ2v) is 6.45. The van der Waals surface area contributed by atoms with Crippen molar-refractivity contribution in [3.63, 3.8) is 0 Å². The normalized spacial score (nSPS) is 12.9. The summed E-state index contributed by atoms with van der Waals surface area (Å²) in [5.74, 6) is -1.57. The van der Waals surface area contributed by atoms with E-state index in [1.54, 1.807) is 19.9 Å². The number of ether oxygens (including phenoxy) is 1. The van der Waals surface area contributed by atoms with Crippen LogP contribution in [0.1, 0.15) is 30.0 Å². The standard InChI is InChI=1S/C20H24N2O5/c1-13(2)17(20(25)26-3)22-18(23)15(12-14-8-5-4-6-9-14)21-19(24)16-10-7-11-27-16/h4-11,13,15,17H,12H2,1-3H3,(H,21,24)(H,22,23)/t15-,17+/m0/s1. The van der Waals surface area contributed by atoms with E-state index < -0.39 is 29.9 Å². The van der Waals surface area contributed by atoms with Gasteiger partial charge in [-0.1, -0.05) is 44.2 Å². The van der Waals surface area contributed by atoms with Crippen LogP contribution in [-0.4, -0.2) is 37.0 Å². The molecule has 144 valence electrons. The van der Waals surface area contributed by atoms with E-state index in [-0.39, 0.29) is 18.1 Å². The molecule has 0 aliphatic rings. The highest BCUT2D eigenvalue weighted by atomic mass is 16.5. The number of esters is 1. The number of benzene rings is 1. The number of furan rings is 1. The zero-order valence-electron chi connectivity index (χ0n) is 15.6. The third-order valence-corrected chi connectivity index (χ3v) is 4.07. The lowest BCUT2D eigenvalue weighted by molar-refractivity contribution is -0.146. The van der Waals surface area contributed by atoms with Gasteiger partial charge in [-0.15, -0.1) is 0 Å². The smallest absolute Gasteiger partial charge is 0.328 e. The largest absolute Gasteiger partial charge is 0.467 e. The lowest BCUT2D eigenvalue weighted by Gasteiger charge is -2.24. The molecule has 27 heavy (non-hydrogen) atoms. The second kappa shape index (κ2) is 9.56. The molecule has 0 radical (unpaired) electrons. The predicted octanol–water partition coefficient (Wildman–Crippen LogP) is 1.93. The van der Waals surface area contributed by atoms with Crippen molar-refractivity contribution in [1.29, 1.82) is 0 Å². The third-order valence-electron chi connectivity index (χ3n) is 4.07. The fourth-order valence-electron chi connectivity index (χ4n) is 2.57. The summed E-state index contributed by atoms with van der Waals surface area (Å²) in [4.78, 5) is 37.1. The first kappa shape index (κ1) is 20.2. The highest BCUT2D eigenvalue weighted by molar-refractivity contribution is 5.96.